The highest BCUT2D eigenvalue weighted by Gasteiger charge is 2.32. The molecule has 0 radical (unpaired) electrons. The number of benzene rings is 2. The SMILES string of the molecule is CCOC(=O)c1cc(Sc2cn(-c3ccc(Cl)nc3C)c3ccccc23)cc(C(F)(F)F)c1. The van der Waals surface area contributed by atoms with Crippen LogP contribution < -0.4 is 0 Å². The molecule has 0 bridgehead atoms. The summed E-state index contributed by atoms with van der Waals surface area (Å²) in [5, 5.41) is 1.23. The van der Waals surface area contributed by atoms with Crippen molar-refractivity contribution < 1.29 is 22.7 Å². The lowest BCUT2D eigenvalue weighted by Crippen LogP contribution is -2.10. The lowest BCUT2D eigenvalue weighted by molar-refractivity contribution is -0.137. The van der Waals surface area contributed by atoms with E-state index in [0.717, 1.165) is 45.4 Å². The summed E-state index contributed by atoms with van der Waals surface area (Å²) in [7, 11) is 0. The smallest absolute Gasteiger partial charge is 0.416 e. The first-order valence-corrected chi connectivity index (χ1v) is 11.2. The van der Waals surface area contributed by atoms with Crippen molar-refractivity contribution >= 4 is 40.2 Å². The van der Waals surface area contributed by atoms with Gasteiger partial charge in [0.1, 0.15) is 5.15 Å². The van der Waals surface area contributed by atoms with Crippen LogP contribution in [0.1, 0.15) is 28.5 Å². The van der Waals surface area contributed by atoms with Gasteiger partial charge in [-0.25, -0.2) is 9.78 Å². The van der Waals surface area contributed by atoms with Crippen molar-refractivity contribution in [2.24, 2.45) is 0 Å². The first-order chi connectivity index (χ1) is 15.7. The van der Waals surface area contributed by atoms with Gasteiger partial charge in [-0.15, -0.1) is 0 Å². The van der Waals surface area contributed by atoms with Gasteiger partial charge < -0.3 is 9.30 Å². The Labute approximate surface area is 197 Å². The number of para-hydroxylation sites is 1. The lowest BCUT2D eigenvalue weighted by atomic mass is 10.1. The molecule has 4 rings (SSSR count). The van der Waals surface area contributed by atoms with Gasteiger partial charge in [0.15, 0.2) is 0 Å². The Balaban J connectivity index is 1.83. The number of aryl methyl sites for hydroxylation is 1. The normalized spacial score (nSPS) is 11.7. The molecule has 0 aliphatic rings. The van der Waals surface area contributed by atoms with Crippen molar-refractivity contribution in [1.82, 2.24) is 9.55 Å². The number of pyridine rings is 1. The van der Waals surface area contributed by atoms with Crippen LogP contribution in [0.5, 0.6) is 0 Å². The van der Waals surface area contributed by atoms with Gasteiger partial charge in [0, 0.05) is 21.4 Å². The third-order valence-electron chi connectivity index (χ3n) is 4.93. The molecular formula is C24H18ClF3N2O2S. The number of hydrogen-bond acceptors (Lipinski definition) is 4. The third kappa shape index (κ3) is 4.86. The molecule has 0 fully saturated rings. The summed E-state index contributed by atoms with van der Waals surface area (Å²) in [6.45, 7) is 3.50. The molecule has 0 aliphatic carbocycles. The molecule has 0 aliphatic heterocycles. The summed E-state index contributed by atoms with van der Waals surface area (Å²) in [4.78, 5) is 17.5. The fourth-order valence-corrected chi connectivity index (χ4v) is 4.74. The predicted molar refractivity (Wildman–Crippen MR) is 122 cm³/mol. The fraction of sp³-hybridized carbons (Fsp3) is 0.167. The average Bonchev–Trinajstić information content (AvgIpc) is 3.11. The number of nitrogens with zero attached hydrogens (tertiary/aromatic N) is 2. The van der Waals surface area contributed by atoms with E-state index in [1.54, 1.807) is 13.0 Å². The summed E-state index contributed by atoms with van der Waals surface area (Å²) in [5.41, 5.74) is 1.33. The van der Waals surface area contributed by atoms with Crippen LogP contribution in [0.4, 0.5) is 13.2 Å². The zero-order chi connectivity index (χ0) is 23.8. The molecule has 2 aromatic heterocycles. The molecular weight excluding hydrogens is 473 g/mol. The maximum absolute atomic E-state index is 13.5. The molecule has 0 saturated heterocycles. The zero-order valence-electron chi connectivity index (χ0n) is 17.6. The number of fused-ring (bicyclic) bond motifs is 1. The van der Waals surface area contributed by atoms with Crippen LogP contribution in [0.3, 0.4) is 0 Å². The summed E-state index contributed by atoms with van der Waals surface area (Å²) in [6, 6.07) is 14.4. The lowest BCUT2D eigenvalue weighted by Gasteiger charge is -2.11. The topological polar surface area (TPSA) is 44.1 Å². The minimum Gasteiger partial charge on any atom is -0.462 e. The Kier molecular flexibility index (Phi) is 6.41. The minimum absolute atomic E-state index is 0.0690. The molecule has 0 atom stereocenters. The van der Waals surface area contributed by atoms with E-state index in [4.69, 9.17) is 16.3 Å². The van der Waals surface area contributed by atoms with Crippen molar-refractivity contribution in [3.05, 3.63) is 82.8 Å². The molecule has 33 heavy (non-hydrogen) atoms. The number of hydrogen-bond donors (Lipinski definition) is 0. The molecule has 4 aromatic rings. The van der Waals surface area contributed by atoms with Crippen LogP contribution >= 0.6 is 23.4 Å². The number of rotatable bonds is 5. The fourth-order valence-electron chi connectivity index (χ4n) is 3.49. The van der Waals surface area contributed by atoms with Crippen molar-refractivity contribution in [2.75, 3.05) is 6.61 Å². The maximum Gasteiger partial charge on any atom is 0.416 e. The van der Waals surface area contributed by atoms with Gasteiger partial charge in [-0.05, 0) is 50.2 Å². The number of alkyl halides is 3. The summed E-state index contributed by atoms with van der Waals surface area (Å²) < 4.78 is 47.4. The van der Waals surface area contributed by atoms with Gasteiger partial charge in [0.2, 0.25) is 0 Å². The first-order valence-electron chi connectivity index (χ1n) is 9.98. The molecule has 0 unspecified atom stereocenters. The molecule has 4 nitrogen and oxygen atoms in total. The van der Waals surface area contributed by atoms with Gasteiger partial charge in [-0.1, -0.05) is 41.6 Å². The number of ether oxygens (including phenoxy) is 1. The van der Waals surface area contributed by atoms with Crippen LogP contribution in [-0.4, -0.2) is 22.1 Å². The second-order valence-corrected chi connectivity index (χ2v) is 8.69. The zero-order valence-corrected chi connectivity index (χ0v) is 19.2. The summed E-state index contributed by atoms with van der Waals surface area (Å²) in [6.07, 6.45) is -2.75. The number of halogens is 4. The Morgan fingerprint density at radius 2 is 1.91 bits per heavy atom. The number of carbonyl (C=O) groups is 1. The molecule has 2 aromatic carbocycles. The van der Waals surface area contributed by atoms with Gasteiger partial charge in [0.05, 0.1) is 34.6 Å². The number of aromatic nitrogens is 2. The monoisotopic (exact) mass is 490 g/mol. The largest absolute Gasteiger partial charge is 0.462 e. The highest BCUT2D eigenvalue weighted by atomic mass is 35.5. The highest BCUT2D eigenvalue weighted by Crippen LogP contribution is 2.40. The van der Waals surface area contributed by atoms with Gasteiger partial charge in [-0.3, -0.25) is 0 Å². The summed E-state index contributed by atoms with van der Waals surface area (Å²) in [5.74, 6) is -0.796. The van der Waals surface area contributed by atoms with Gasteiger partial charge in [-0.2, -0.15) is 13.2 Å². The molecule has 0 spiro atoms. The Hall–Kier alpha value is -2.97. The molecule has 0 N–H and O–H groups in total. The first kappa shape index (κ1) is 23.2. The minimum atomic E-state index is -4.60. The van der Waals surface area contributed by atoms with E-state index in [0.29, 0.717) is 10.8 Å². The highest BCUT2D eigenvalue weighted by molar-refractivity contribution is 7.99. The number of esters is 1. The van der Waals surface area contributed by atoms with Crippen LogP contribution in [0.2, 0.25) is 5.15 Å². The molecule has 2 heterocycles. The second-order valence-electron chi connectivity index (χ2n) is 7.19. The Morgan fingerprint density at radius 1 is 1.15 bits per heavy atom. The predicted octanol–water partition coefficient (Wildman–Crippen LogP) is 7.33. The summed E-state index contributed by atoms with van der Waals surface area (Å²) >= 11 is 7.14. The van der Waals surface area contributed by atoms with Crippen molar-refractivity contribution in [3.63, 3.8) is 0 Å². The van der Waals surface area contributed by atoms with Crippen LogP contribution in [-0.2, 0) is 10.9 Å². The van der Waals surface area contributed by atoms with Crippen molar-refractivity contribution in [1.29, 1.82) is 0 Å². The van der Waals surface area contributed by atoms with E-state index in [1.165, 1.54) is 6.07 Å². The van der Waals surface area contributed by atoms with Crippen LogP contribution in [0, 0.1) is 6.92 Å². The molecule has 9 heteroatoms. The van der Waals surface area contributed by atoms with E-state index in [9.17, 15) is 18.0 Å². The number of carbonyl (C=O) groups excluding carboxylic acids is 1. The van der Waals surface area contributed by atoms with Crippen LogP contribution in [0.25, 0.3) is 16.6 Å². The van der Waals surface area contributed by atoms with Gasteiger partial charge in [0.25, 0.3) is 0 Å². The second kappa shape index (κ2) is 9.11. The average molecular weight is 491 g/mol. The van der Waals surface area contributed by atoms with E-state index in [2.05, 4.69) is 4.98 Å². The maximum atomic E-state index is 13.5. The van der Waals surface area contributed by atoms with Crippen LogP contribution in [0.15, 0.2) is 70.6 Å². The van der Waals surface area contributed by atoms with E-state index in [1.807, 2.05) is 48.0 Å². The van der Waals surface area contributed by atoms with Gasteiger partial charge >= 0.3 is 12.1 Å². The molecule has 170 valence electrons. The van der Waals surface area contributed by atoms with E-state index >= 15 is 0 Å². The van der Waals surface area contributed by atoms with Crippen molar-refractivity contribution in [3.8, 4) is 5.69 Å². The molecule has 0 saturated carbocycles. The Morgan fingerprint density at radius 3 is 2.61 bits per heavy atom. The standard InChI is InChI=1S/C24H18ClF3N2O2S/c1-3-32-23(31)15-10-16(24(26,27)28)12-17(11-15)33-21-13-30(20-7-5-4-6-18(20)21)19-8-9-22(25)29-14(19)2/h4-13H,3H2,1-2H3. The molecule has 0 amide bonds. The quantitative estimate of drug-likeness (QED) is 0.217. The van der Waals surface area contributed by atoms with E-state index in [-0.39, 0.29) is 17.1 Å². The Bertz CT molecular complexity index is 1350. The van der Waals surface area contributed by atoms with Crippen molar-refractivity contribution in [2.45, 2.75) is 29.8 Å². The third-order valence-corrected chi connectivity index (χ3v) is 6.16. The van der Waals surface area contributed by atoms with E-state index < -0.39 is 17.7 Å².